The Bertz CT molecular complexity index is 1530. The molecule has 0 aromatic heterocycles. The number of nitrogens with zero attached hydrogens (tertiary/aromatic N) is 3. The molecule has 3 aromatic rings. The van der Waals surface area contributed by atoms with Crippen molar-refractivity contribution >= 4 is 17.6 Å². The summed E-state index contributed by atoms with van der Waals surface area (Å²) in [4.78, 5) is 46.7. The predicted octanol–water partition coefficient (Wildman–Crippen LogP) is 3.19. The van der Waals surface area contributed by atoms with Crippen molar-refractivity contribution in [2.75, 3.05) is 54.1 Å². The lowest BCUT2D eigenvalue weighted by molar-refractivity contribution is -0.148. The van der Waals surface area contributed by atoms with E-state index in [1.165, 1.54) is 21.3 Å². The van der Waals surface area contributed by atoms with Gasteiger partial charge in [-0.25, -0.2) is 0 Å². The third kappa shape index (κ3) is 5.89. The second-order valence-corrected chi connectivity index (χ2v) is 10.8. The van der Waals surface area contributed by atoms with Crippen molar-refractivity contribution < 1.29 is 28.6 Å². The van der Waals surface area contributed by atoms with Crippen molar-refractivity contribution in [2.45, 2.75) is 18.0 Å². The first-order valence-corrected chi connectivity index (χ1v) is 14.5. The summed E-state index contributed by atoms with van der Waals surface area (Å²) in [5.41, 5.74) is 2.20. The number of carbonyl (C=O) groups is 3. The van der Waals surface area contributed by atoms with E-state index in [9.17, 15) is 19.6 Å². The van der Waals surface area contributed by atoms with Crippen LogP contribution in [0.15, 0.2) is 72.8 Å². The molecule has 2 amide bonds. The molecule has 4 atom stereocenters. The number of carbonyl (C=O) groups excluding carboxylic acids is 3. The Kier molecular flexibility index (Phi) is 9.58. The first kappa shape index (κ1) is 30.7. The second-order valence-electron chi connectivity index (χ2n) is 10.8. The SMILES string of the molecule is COCC(=O)N1C(C(=O)N2CCNCC2)C(c2ccc(OC)c(OC)c2)C(C(=O)c2ccc(C#N)cc2)C1c1ccccc1. The highest BCUT2D eigenvalue weighted by molar-refractivity contribution is 6.02. The average Bonchev–Trinajstić information content (AvgIpc) is 3.44. The van der Waals surface area contributed by atoms with Crippen LogP contribution in [-0.2, 0) is 14.3 Å². The number of likely N-dealkylation sites (tertiary alicyclic amines) is 1. The van der Waals surface area contributed by atoms with Crippen LogP contribution in [0.1, 0.15) is 39.0 Å². The molecule has 5 rings (SSSR count). The molecular weight excluding hydrogens is 560 g/mol. The second kappa shape index (κ2) is 13.7. The van der Waals surface area contributed by atoms with Crippen molar-refractivity contribution in [3.05, 3.63) is 95.1 Å². The van der Waals surface area contributed by atoms with Crippen LogP contribution in [-0.4, -0.2) is 87.6 Å². The molecule has 1 N–H and O–H groups in total. The van der Waals surface area contributed by atoms with E-state index in [0.29, 0.717) is 54.4 Å². The molecule has 2 aliphatic rings. The molecule has 0 aliphatic carbocycles. The van der Waals surface area contributed by atoms with Gasteiger partial charge in [-0.2, -0.15) is 5.26 Å². The normalized spacial score (nSPS) is 21.4. The molecule has 10 nitrogen and oxygen atoms in total. The number of hydrogen-bond donors (Lipinski definition) is 1. The highest BCUT2D eigenvalue weighted by atomic mass is 16.5. The van der Waals surface area contributed by atoms with E-state index in [1.54, 1.807) is 46.2 Å². The molecule has 0 saturated carbocycles. The maximum absolute atomic E-state index is 14.7. The van der Waals surface area contributed by atoms with Gasteiger partial charge in [0.2, 0.25) is 11.8 Å². The quantitative estimate of drug-likeness (QED) is 0.374. The molecule has 0 radical (unpaired) electrons. The number of nitriles is 1. The number of hydrogen-bond acceptors (Lipinski definition) is 8. The molecule has 2 aliphatic heterocycles. The highest BCUT2D eigenvalue weighted by Crippen LogP contribution is 2.52. The molecular formula is C34H36N4O6. The van der Waals surface area contributed by atoms with E-state index in [2.05, 4.69) is 11.4 Å². The molecule has 3 aromatic carbocycles. The zero-order valence-electron chi connectivity index (χ0n) is 25.1. The molecule has 4 unspecified atom stereocenters. The molecule has 0 bridgehead atoms. The Hall–Kier alpha value is -4.72. The van der Waals surface area contributed by atoms with Crippen molar-refractivity contribution in [1.29, 1.82) is 5.26 Å². The Morgan fingerprint density at radius 1 is 0.886 bits per heavy atom. The van der Waals surface area contributed by atoms with E-state index < -0.39 is 29.8 Å². The van der Waals surface area contributed by atoms with Crippen molar-refractivity contribution in [3.8, 4) is 17.6 Å². The van der Waals surface area contributed by atoms with Crippen LogP contribution in [0.3, 0.4) is 0 Å². The number of ether oxygens (including phenoxy) is 3. The van der Waals surface area contributed by atoms with Crippen molar-refractivity contribution in [3.63, 3.8) is 0 Å². The third-order valence-corrected chi connectivity index (χ3v) is 8.44. The van der Waals surface area contributed by atoms with E-state index >= 15 is 0 Å². The van der Waals surface area contributed by atoms with Gasteiger partial charge in [-0.3, -0.25) is 14.4 Å². The standard InChI is InChI=1S/C34H36N4O6/c1-42-21-28(39)38-31(23-7-5-4-6-8-23)30(33(40)24-11-9-22(20-35)10-12-24)29(25-13-14-26(43-2)27(19-25)44-3)32(38)34(41)37-17-15-36-16-18-37/h4-14,19,29-32,36H,15-18,21H2,1-3H3. The lowest BCUT2D eigenvalue weighted by atomic mass is 9.75. The summed E-state index contributed by atoms with van der Waals surface area (Å²) in [5, 5.41) is 12.6. The van der Waals surface area contributed by atoms with Crippen LogP contribution in [0.5, 0.6) is 11.5 Å². The van der Waals surface area contributed by atoms with E-state index in [1.807, 2.05) is 36.4 Å². The van der Waals surface area contributed by atoms with Crippen LogP contribution >= 0.6 is 0 Å². The molecule has 2 heterocycles. The van der Waals surface area contributed by atoms with E-state index in [-0.39, 0.29) is 18.3 Å². The van der Waals surface area contributed by atoms with Gasteiger partial charge < -0.3 is 29.3 Å². The number of Topliss-reactive ketones (excluding diaryl/α,β-unsaturated/α-hetero) is 1. The summed E-state index contributed by atoms with van der Waals surface area (Å²) in [5.74, 6) is -1.52. The largest absolute Gasteiger partial charge is 0.493 e. The van der Waals surface area contributed by atoms with Gasteiger partial charge in [0.05, 0.1) is 37.8 Å². The monoisotopic (exact) mass is 596 g/mol. The van der Waals surface area contributed by atoms with Crippen molar-refractivity contribution in [2.24, 2.45) is 5.92 Å². The van der Waals surface area contributed by atoms with Crippen molar-refractivity contribution in [1.82, 2.24) is 15.1 Å². The third-order valence-electron chi connectivity index (χ3n) is 8.44. The molecule has 10 heteroatoms. The van der Waals surface area contributed by atoms with Gasteiger partial charge in [0.1, 0.15) is 12.6 Å². The molecule has 0 spiro atoms. The zero-order chi connectivity index (χ0) is 31.2. The Labute approximate surface area is 257 Å². The van der Waals surface area contributed by atoms with Gasteiger partial charge in [-0.05, 0) is 35.4 Å². The van der Waals surface area contributed by atoms with E-state index in [0.717, 1.165) is 5.56 Å². The number of rotatable bonds is 9. The minimum Gasteiger partial charge on any atom is -0.493 e. The van der Waals surface area contributed by atoms with Crippen LogP contribution in [0.2, 0.25) is 0 Å². The van der Waals surface area contributed by atoms with Crippen LogP contribution < -0.4 is 14.8 Å². The Morgan fingerprint density at radius 3 is 2.18 bits per heavy atom. The summed E-state index contributed by atoms with van der Waals surface area (Å²) in [6.45, 7) is 1.95. The maximum Gasteiger partial charge on any atom is 0.249 e. The lowest BCUT2D eigenvalue weighted by Crippen LogP contribution is -2.55. The number of piperazine rings is 1. The Balaban J connectivity index is 1.77. The number of ketones is 1. The van der Waals surface area contributed by atoms with Crippen LogP contribution in [0.25, 0.3) is 0 Å². The topological polar surface area (TPSA) is 121 Å². The first-order chi connectivity index (χ1) is 21.4. The lowest BCUT2D eigenvalue weighted by Gasteiger charge is -2.36. The van der Waals surface area contributed by atoms with Gasteiger partial charge in [0, 0.05) is 44.8 Å². The summed E-state index contributed by atoms with van der Waals surface area (Å²) < 4.78 is 16.4. The number of benzene rings is 3. The van der Waals surface area contributed by atoms with Crippen LogP contribution in [0, 0.1) is 17.2 Å². The molecule has 228 valence electrons. The minimum atomic E-state index is -1.01. The average molecular weight is 597 g/mol. The molecule has 2 saturated heterocycles. The first-order valence-electron chi connectivity index (χ1n) is 14.5. The van der Waals surface area contributed by atoms with Gasteiger partial charge in [-0.1, -0.05) is 48.5 Å². The fraction of sp³-hybridized carbons (Fsp3) is 0.353. The number of amides is 2. The van der Waals surface area contributed by atoms with Gasteiger partial charge in [0.25, 0.3) is 0 Å². The fourth-order valence-corrected chi connectivity index (χ4v) is 6.44. The maximum atomic E-state index is 14.7. The van der Waals surface area contributed by atoms with Gasteiger partial charge in [0.15, 0.2) is 17.3 Å². The summed E-state index contributed by atoms with van der Waals surface area (Å²) in [6, 6.07) is 21.4. The highest BCUT2D eigenvalue weighted by Gasteiger charge is 2.58. The van der Waals surface area contributed by atoms with E-state index in [4.69, 9.17) is 14.2 Å². The summed E-state index contributed by atoms with van der Waals surface area (Å²) in [7, 11) is 4.50. The molecule has 44 heavy (non-hydrogen) atoms. The fourth-order valence-electron chi connectivity index (χ4n) is 6.44. The zero-order valence-corrected chi connectivity index (χ0v) is 25.1. The van der Waals surface area contributed by atoms with Gasteiger partial charge in [-0.15, -0.1) is 0 Å². The molecule has 2 fully saturated rings. The van der Waals surface area contributed by atoms with Crippen LogP contribution in [0.4, 0.5) is 0 Å². The minimum absolute atomic E-state index is 0.230. The number of nitrogens with one attached hydrogen (secondary N) is 1. The number of methoxy groups -OCH3 is 3. The van der Waals surface area contributed by atoms with Gasteiger partial charge >= 0.3 is 0 Å². The Morgan fingerprint density at radius 2 is 1.57 bits per heavy atom. The summed E-state index contributed by atoms with van der Waals surface area (Å²) in [6.07, 6.45) is 0. The predicted molar refractivity (Wildman–Crippen MR) is 162 cm³/mol. The summed E-state index contributed by atoms with van der Waals surface area (Å²) >= 11 is 0. The smallest absolute Gasteiger partial charge is 0.249 e.